The molecule has 0 bridgehead atoms. The van der Waals surface area contributed by atoms with Crippen molar-refractivity contribution in [3.8, 4) is 5.88 Å². The van der Waals surface area contributed by atoms with Gasteiger partial charge in [-0.15, -0.1) is 0 Å². The number of ether oxygens (including phenoxy) is 1. The van der Waals surface area contributed by atoms with Crippen molar-refractivity contribution in [2.75, 3.05) is 29.9 Å². The molecule has 0 unspecified atom stereocenters. The summed E-state index contributed by atoms with van der Waals surface area (Å²) in [6.45, 7) is 6.57. The summed E-state index contributed by atoms with van der Waals surface area (Å²) in [4.78, 5) is 18.6. The molecule has 2 aromatic rings. The van der Waals surface area contributed by atoms with Crippen LogP contribution >= 0.6 is 0 Å². The molecule has 1 aromatic carbocycles. The Hall–Kier alpha value is -3.06. The number of carbonyl (C=O) groups is 1. The maximum atomic E-state index is 12.2. The van der Waals surface area contributed by atoms with E-state index >= 15 is 0 Å². The van der Waals surface area contributed by atoms with Crippen molar-refractivity contribution >= 4 is 29.2 Å². The molecular weight excluding hydrogens is 344 g/mol. The highest BCUT2D eigenvalue weighted by Gasteiger charge is 2.22. The van der Waals surface area contributed by atoms with Gasteiger partial charge in [0.2, 0.25) is 5.88 Å². The first-order valence-electron chi connectivity index (χ1n) is 8.91. The van der Waals surface area contributed by atoms with Gasteiger partial charge in [0.05, 0.1) is 18.3 Å². The molecule has 3 heterocycles. The second-order valence-electron chi connectivity index (χ2n) is 6.80. The van der Waals surface area contributed by atoms with Crippen molar-refractivity contribution in [3.05, 3.63) is 47.2 Å². The lowest BCUT2D eigenvalue weighted by Crippen LogP contribution is -2.41. The Morgan fingerprint density at radius 2 is 2.19 bits per heavy atom. The number of hydrogen-bond acceptors (Lipinski definition) is 6. The van der Waals surface area contributed by atoms with Crippen LogP contribution in [0, 0.1) is 6.92 Å². The van der Waals surface area contributed by atoms with Gasteiger partial charge in [-0.05, 0) is 49.2 Å². The summed E-state index contributed by atoms with van der Waals surface area (Å²) in [5.74, 6) is -0.223. The van der Waals surface area contributed by atoms with E-state index in [0.29, 0.717) is 16.9 Å². The van der Waals surface area contributed by atoms with Crippen LogP contribution in [0.5, 0.6) is 5.88 Å². The number of fused-ring (bicyclic) bond motifs is 1. The minimum atomic E-state index is -0.377. The van der Waals surface area contributed by atoms with Crippen LogP contribution in [0.25, 0.3) is 6.08 Å². The fourth-order valence-corrected chi connectivity index (χ4v) is 3.51. The fraction of sp³-hybridized carbons (Fsp3) is 0.300. The SMILES string of the molecule is Cc1cc(Nc2nc(O)cc3c2C(=O)[N]C=C3)ccc1N1CCO[C@H](C)C1. The molecule has 1 atom stereocenters. The van der Waals surface area contributed by atoms with E-state index in [1.807, 2.05) is 12.1 Å². The van der Waals surface area contributed by atoms with E-state index in [1.165, 1.54) is 12.3 Å². The summed E-state index contributed by atoms with van der Waals surface area (Å²) in [5.41, 5.74) is 4.02. The molecular formula is C20H21N4O3. The molecule has 7 heteroatoms. The van der Waals surface area contributed by atoms with E-state index < -0.39 is 0 Å². The number of morpholine rings is 1. The third-order valence-electron chi connectivity index (χ3n) is 4.74. The molecule has 0 spiro atoms. The highest BCUT2D eigenvalue weighted by molar-refractivity contribution is 6.05. The lowest BCUT2D eigenvalue weighted by molar-refractivity contribution is 0.0532. The molecule has 4 rings (SSSR count). The van der Waals surface area contributed by atoms with Crippen LogP contribution in [0.3, 0.4) is 0 Å². The Bertz CT molecular complexity index is 926. The molecule has 139 valence electrons. The Labute approximate surface area is 157 Å². The summed E-state index contributed by atoms with van der Waals surface area (Å²) < 4.78 is 5.61. The van der Waals surface area contributed by atoms with Crippen molar-refractivity contribution in [1.82, 2.24) is 10.3 Å². The average molecular weight is 365 g/mol. The lowest BCUT2D eigenvalue weighted by atomic mass is 10.1. The van der Waals surface area contributed by atoms with Gasteiger partial charge in [0, 0.05) is 36.7 Å². The van der Waals surface area contributed by atoms with Gasteiger partial charge in [-0.2, -0.15) is 4.98 Å². The maximum Gasteiger partial charge on any atom is 0.281 e. The van der Waals surface area contributed by atoms with Gasteiger partial charge >= 0.3 is 0 Å². The quantitative estimate of drug-likeness (QED) is 0.869. The molecule has 1 radical (unpaired) electrons. The first-order valence-corrected chi connectivity index (χ1v) is 8.91. The van der Waals surface area contributed by atoms with E-state index in [2.05, 4.69) is 40.4 Å². The van der Waals surface area contributed by atoms with Crippen LogP contribution in [0.15, 0.2) is 30.5 Å². The number of carbonyl (C=O) groups excluding carboxylic acids is 1. The highest BCUT2D eigenvalue weighted by Crippen LogP contribution is 2.31. The third-order valence-corrected chi connectivity index (χ3v) is 4.74. The molecule has 7 nitrogen and oxygen atoms in total. The number of aryl methyl sites for hydroxylation is 1. The van der Waals surface area contributed by atoms with Gasteiger partial charge in [0.25, 0.3) is 5.91 Å². The molecule has 1 amide bonds. The van der Waals surface area contributed by atoms with Gasteiger partial charge in [-0.25, -0.2) is 5.32 Å². The Kier molecular flexibility index (Phi) is 4.45. The molecule has 1 fully saturated rings. The summed E-state index contributed by atoms with van der Waals surface area (Å²) in [5, 5.41) is 16.8. The number of benzene rings is 1. The highest BCUT2D eigenvalue weighted by atomic mass is 16.5. The largest absolute Gasteiger partial charge is 0.493 e. The summed E-state index contributed by atoms with van der Waals surface area (Å²) >= 11 is 0. The topological polar surface area (TPSA) is 88.8 Å². The van der Waals surface area contributed by atoms with E-state index in [9.17, 15) is 9.90 Å². The Balaban J connectivity index is 1.63. The van der Waals surface area contributed by atoms with Gasteiger partial charge in [0.15, 0.2) is 0 Å². The predicted molar refractivity (Wildman–Crippen MR) is 103 cm³/mol. The number of rotatable bonds is 3. The lowest BCUT2D eigenvalue weighted by Gasteiger charge is -2.34. The number of amides is 1. The van der Waals surface area contributed by atoms with E-state index in [0.717, 1.165) is 36.6 Å². The van der Waals surface area contributed by atoms with E-state index in [4.69, 9.17) is 4.74 Å². The summed E-state index contributed by atoms with van der Waals surface area (Å²) in [6, 6.07) is 7.46. The molecule has 0 aliphatic carbocycles. The van der Waals surface area contributed by atoms with Crippen molar-refractivity contribution in [3.63, 3.8) is 0 Å². The van der Waals surface area contributed by atoms with Crippen molar-refractivity contribution in [2.24, 2.45) is 0 Å². The minimum Gasteiger partial charge on any atom is -0.493 e. The molecule has 1 saturated heterocycles. The van der Waals surface area contributed by atoms with Crippen molar-refractivity contribution < 1.29 is 14.6 Å². The number of anilines is 3. The first-order chi connectivity index (χ1) is 13.0. The van der Waals surface area contributed by atoms with Crippen molar-refractivity contribution in [1.29, 1.82) is 0 Å². The molecule has 2 aliphatic heterocycles. The van der Waals surface area contributed by atoms with Crippen LogP contribution in [-0.4, -0.2) is 41.8 Å². The maximum absolute atomic E-state index is 12.2. The molecule has 0 saturated carbocycles. The molecule has 27 heavy (non-hydrogen) atoms. The van der Waals surface area contributed by atoms with Crippen molar-refractivity contribution in [2.45, 2.75) is 20.0 Å². The van der Waals surface area contributed by atoms with Gasteiger partial charge in [-0.1, -0.05) is 0 Å². The zero-order chi connectivity index (χ0) is 19.0. The second kappa shape index (κ2) is 6.92. The Morgan fingerprint density at radius 3 is 2.96 bits per heavy atom. The standard InChI is InChI=1S/C20H21N4O3/c1-12-9-15(3-4-16(12)24-7-8-27-13(2)11-24)22-19-18-14(10-17(25)23-19)5-6-21-20(18)26/h3-6,9-10,13H,7-8,11H2,1-2H3,(H2,22,23,25)/t13-/m1/s1. The van der Waals surface area contributed by atoms with Crippen LogP contribution < -0.4 is 15.5 Å². The van der Waals surface area contributed by atoms with E-state index in [-0.39, 0.29) is 17.9 Å². The summed E-state index contributed by atoms with van der Waals surface area (Å²) in [7, 11) is 0. The van der Waals surface area contributed by atoms with Crippen LogP contribution in [0.1, 0.15) is 28.4 Å². The zero-order valence-corrected chi connectivity index (χ0v) is 15.3. The number of pyridine rings is 1. The monoisotopic (exact) mass is 365 g/mol. The molecule has 2 N–H and O–H groups in total. The van der Waals surface area contributed by atoms with Crippen LogP contribution in [-0.2, 0) is 4.74 Å². The normalized spacial score (nSPS) is 18.8. The van der Waals surface area contributed by atoms with Crippen LogP contribution in [0.2, 0.25) is 0 Å². The Morgan fingerprint density at radius 1 is 1.33 bits per heavy atom. The number of nitrogens with one attached hydrogen (secondary N) is 1. The number of aromatic hydroxyl groups is 1. The number of nitrogens with zero attached hydrogens (tertiary/aromatic N) is 3. The first kappa shape index (κ1) is 17.4. The predicted octanol–water partition coefficient (Wildman–Crippen LogP) is 2.79. The fourth-order valence-electron chi connectivity index (χ4n) is 3.51. The van der Waals surface area contributed by atoms with Gasteiger partial charge in [-0.3, -0.25) is 4.79 Å². The molecule has 2 aliphatic rings. The smallest absolute Gasteiger partial charge is 0.281 e. The average Bonchev–Trinajstić information content (AvgIpc) is 2.61. The zero-order valence-electron chi connectivity index (χ0n) is 15.3. The number of hydrogen-bond donors (Lipinski definition) is 2. The van der Waals surface area contributed by atoms with Crippen LogP contribution in [0.4, 0.5) is 17.2 Å². The second-order valence-corrected chi connectivity index (χ2v) is 6.80. The van der Waals surface area contributed by atoms with Gasteiger partial charge < -0.3 is 20.1 Å². The number of aromatic nitrogens is 1. The van der Waals surface area contributed by atoms with E-state index in [1.54, 1.807) is 6.08 Å². The summed E-state index contributed by atoms with van der Waals surface area (Å²) in [6.07, 6.45) is 3.31. The van der Waals surface area contributed by atoms with Gasteiger partial charge in [0.1, 0.15) is 5.82 Å². The molecule has 1 aromatic heterocycles. The third kappa shape index (κ3) is 3.46. The minimum absolute atomic E-state index is 0.147.